The predicted octanol–water partition coefficient (Wildman–Crippen LogP) is 2.17. The van der Waals surface area contributed by atoms with Crippen LogP contribution in [-0.4, -0.2) is 55.2 Å². The third-order valence-electron chi connectivity index (χ3n) is 5.39. The van der Waals surface area contributed by atoms with Crippen LogP contribution in [-0.2, 0) is 4.74 Å². The Hall–Kier alpha value is -1.40. The van der Waals surface area contributed by atoms with Crippen LogP contribution in [0.5, 0.6) is 0 Å². The number of carbonyl (C=O) groups is 1. The van der Waals surface area contributed by atoms with Crippen molar-refractivity contribution < 1.29 is 13.9 Å². The first-order chi connectivity index (χ1) is 11.1. The molecule has 6 nitrogen and oxygen atoms in total. The summed E-state index contributed by atoms with van der Waals surface area (Å²) in [4.78, 5) is 19.0. The van der Waals surface area contributed by atoms with Crippen molar-refractivity contribution in [2.75, 3.05) is 33.9 Å². The molecule has 0 atom stereocenters. The molecule has 6 heteroatoms. The molecule has 1 aliphatic carbocycles. The molecular weight excluding hydrogens is 294 g/mol. The van der Waals surface area contributed by atoms with Gasteiger partial charge in [0.1, 0.15) is 6.26 Å². The van der Waals surface area contributed by atoms with Crippen molar-refractivity contribution in [3.63, 3.8) is 0 Å². The minimum absolute atomic E-state index is 0.0862. The van der Waals surface area contributed by atoms with E-state index < -0.39 is 0 Å². The van der Waals surface area contributed by atoms with Crippen molar-refractivity contribution in [1.82, 2.24) is 15.2 Å². The van der Waals surface area contributed by atoms with Gasteiger partial charge in [-0.15, -0.1) is 0 Å². The molecule has 0 aromatic carbocycles. The van der Waals surface area contributed by atoms with Crippen LogP contribution in [0.3, 0.4) is 0 Å². The molecule has 1 N–H and O–H groups in total. The fourth-order valence-electron chi connectivity index (χ4n) is 3.67. The van der Waals surface area contributed by atoms with E-state index >= 15 is 0 Å². The molecule has 23 heavy (non-hydrogen) atoms. The lowest BCUT2D eigenvalue weighted by atomic mass is 9.96. The standard InChI is InChI=1S/C17H27N3O3/c1-20(2)17(7-3-4-8-17)12-18-15(21)14-11-23-16(19-14)13-5-9-22-10-6-13/h11,13H,3-10,12H2,1-2H3,(H,18,21). The van der Waals surface area contributed by atoms with E-state index in [1.165, 1.54) is 19.1 Å². The van der Waals surface area contributed by atoms with E-state index in [9.17, 15) is 4.79 Å². The highest BCUT2D eigenvalue weighted by Crippen LogP contribution is 2.33. The molecule has 2 fully saturated rings. The van der Waals surface area contributed by atoms with Gasteiger partial charge in [0.2, 0.25) is 0 Å². The number of likely N-dealkylation sites (N-methyl/N-ethyl adjacent to an activating group) is 1. The maximum absolute atomic E-state index is 12.4. The van der Waals surface area contributed by atoms with Gasteiger partial charge in [-0.25, -0.2) is 4.98 Å². The fraction of sp³-hybridized carbons (Fsp3) is 0.765. The molecule has 1 saturated heterocycles. The van der Waals surface area contributed by atoms with E-state index in [0.29, 0.717) is 18.1 Å². The van der Waals surface area contributed by atoms with Crippen LogP contribution in [0, 0.1) is 0 Å². The Kier molecular flexibility index (Phi) is 5.02. The lowest BCUT2D eigenvalue weighted by Gasteiger charge is -2.36. The summed E-state index contributed by atoms with van der Waals surface area (Å²) in [6, 6.07) is 0. The first-order valence-electron chi connectivity index (χ1n) is 8.59. The minimum atomic E-state index is -0.139. The molecule has 1 aliphatic heterocycles. The molecule has 128 valence electrons. The summed E-state index contributed by atoms with van der Waals surface area (Å²) in [7, 11) is 4.19. The van der Waals surface area contributed by atoms with E-state index in [1.807, 2.05) is 0 Å². The van der Waals surface area contributed by atoms with Crippen LogP contribution in [0.25, 0.3) is 0 Å². The summed E-state index contributed by atoms with van der Waals surface area (Å²) < 4.78 is 10.9. The average Bonchev–Trinajstić information content (AvgIpc) is 3.24. The number of amides is 1. The van der Waals surface area contributed by atoms with Crippen molar-refractivity contribution in [3.05, 3.63) is 17.8 Å². The second-order valence-electron chi connectivity index (χ2n) is 6.97. The molecule has 3 rings (SSSR count). The molecule has 0 unspecified atom stereocenters. The first-order valence-corrected chi connectivity index (χ1v) is 8.59. The van der Waals surface area contributed by atoms with Gasteiger partial charge in [0.15, 0.2) is 11.6 Å². The largest absolute Gasteiger partial charge is 0.448 e. The van der Waals surface area contributed by atoms with E-state index in [-0.39, 0.29) is 17.4 Å². The van der Waals surface area contributed by atoms with Gasteiger partial charge in [-0.1, -0.05) is 12.8 Å². The van der Waals surface area contributed by atoms with Gasteiger partial charge in [0, 0.05) is 31.2 Å². The molecule has 0 spiro atoms. The van der Waals surface area contributed by atoms with E-state index in [0.717, 1.165) is 38.9 Å². The smallest absolute Gasteiger partial charge is 0.273 e. The highest BCUT2D eigenvalue weighted by atomic mass is 16.5. The molecule has 1 saturated carbocycles. The monoisotopic (exact) mass is 321 g/mol. The van der Waals surface area contributed by atoms with Gasteiger partial charge in [0.05, 0.1) is 0 Å². The zero-order valence-corrected chi connectivity index (χ0v) is 14.1. The highest BCUT2D eigenvalue weighted by molar-refractivity contribution is 5.91. The number of oxazole rings is 1. The third-order valence-corrected chi connectivity index (χ3v) is 5.39. The van der Waals surface area contributed by atoms with Crippen LogP contribution in [0.1, 0.15) is 60.8 Å². The van der Waals surface area contributed by atoms with Crippen LogP contribution in [0.2, 0.25) is 0 Å². The quantitative estimate of drug-likeness (QED) is 0.900. The summed E-state index contributed by atoms with van der Waals surface area (Å²) in [5, 5.41) is 3.05. The van der Waals surface area contributed by atoms with Crippen molar-refractivity contribution in [2.24, 2.45) is 0 Å². The number of carbonyl (C=O) groups excluding carboxylic acids is 1. The predicted molar refractivity (Wildman–Crippen MR) is 86.5 cm³/mol. The van der Waals surface area contributed by atoms with E-state index in [2.05, 4.69) is 29.3 Å². The lowest BCUT2D eigenvalue weighted by Crippen LogP contribution is -2.50. The second kappa shape index (κ2) is 7.01. The van der Waals surface area contributed by atoms with Gasteiger partial charge >= 0.3 is 0 Å². The van der Waals surface area contributed by atoms with Crippen LogP contribution >= 0.6 is 0 Å². The Labute approximate surface area is 137 Å². The lowest BCUT2D eigenvalue weighted by molar-refractivity contribution is 0.0794. The Bertz CT molecular complexity index is 529. The Morgan fingerprint density at radius 2 is 2.04 bits per heavy atom. The van der Waals surface area contributed by atoms with Crippen molar-refractivity contribution in [1.29, 1.82) is 0 Å². The number of hydrogen-bond acceptors (Lipinski definition) is 5. The van der Waals surface area contributed by atoms with Crippen molar-refractivity contribution >= 4 is 5.91 Å². The number of aromatic nitrogens is 1. The molecule has 1 aromatic rings. The second-order valence-corrected chi connectivity index (χ2v) is 6.97. The number of nitrogens with zero attached hydrogens (tertiary/aromatic N) is 2. The maximum Gasteiger partial charge on any atom is 0.273 e. The summed E-state index contributed by atoms with van der Waals surface area (Å²) in [6.07, 6.45) is 8.02. The summed E-state index contributed by atoms with van der Waals surface area (Å²) in [5.74, 6) is 0.801. The number of hydrogen-bond donors (Lipinski definition) is 1. The van der Waals surface area contributed by atoms with E-state index in [4.69, 9.17) is 9.15 Å². The van der Waals surface area contributed by atoms with Gasteiger partial charge in [-0.05, 0) is 39.8 Å². The van der Waals surface area contributed by atoms with Gasteiger partial charge in [0.25, 0.3) is 5.91 Å². The number of ether oxygens (including phenoxy) is 1. The fourth-order valence-corrected chi connectivity index (χ4v) is 3.67. The summed E-state index contributed by atoms with van der Waals surface area (Å²) >= 11 is 0. The van der Waals surface area contributed by atoms with Crippen LogP contribution in [0.4, 0.5) is 0 Å². The Morgan fingerprint density at radius 1 is 1.35 bits per heavy atom. The van der Waals surface area contributed by atoms with Crippen LogP contribution < -0.4 is 5.32 Å². The van der Waals surface area contributed by atoms with Gasteiger partial charge < -0.3 is 19.4 Å². The maximum atomic E-state index is 12.4. The first kappa shape index (κ1) is 16.5. The SMILES string of the molecule is CN(C)C1(CNC(=O)c2coc(C3CCOCC3)n2)CCCC1. The third kappa shape index (κ3) is 3.58. The average molecular weight is 321 g/mol. The number of nitrogens with one attached hydrogen (secondary N) is 1. The molecule has 1 amide bonds. The van der Waals surface area contributed by atoms with E-state index in [1.54, 1.807) is 0 Å². The molecule has 2 aliphatic rings. The highest BCUT2D eigenvalue weighted by Gasteiger charge is 2.36. The van der Waals surface area contributed by atoms with Gasteiger partial charge in [-0.2, -0.15) is 0 Å². The molecule has 2 heterocycles. The topological polar surface area (TPSA) is 67.6 Å². The molecule has 0 radical (unpaired) electrons. The summed E-state index contributed by atoms with van der Waals surface area (Å²) in [6.45, 7) is 2.14. The minimum Gasteiger partial charge on any atom is -0.448 e. The van der Waals surface area contributed by atoms with Crippen molar-refractivity contribution in [2.45, 2.75) is 50.0 Å². The zero-order valence-electron chi connectivity index (χ0n) is 14.1. The Morgan fingerprint density at radius 3 is 2.70 bits per heavy atom. The van der Waals surface area contributed by atoms with Gasteiger partial charge in [-0.3, -0.25) is 4.79 Å². The molecule has 1 aromatic heterocycles. The van der Waals surface area contributed by atoms with Crippen LogP contribution in [0.15, 0.2) is 10.7 Å². The molecule has 0 bridgehead atoms. The number of rotatable bonds is 5. The summed E-state index contributed by atoms with van der Waals surface area (Å²) in [5.41, 5.74) is 0.474. The Balaban J connectivity index is 1.59. The molecular formula is C17H27N3O3. The normalized spacial score (nSPS) is 21.7. The zero-order chi connectivity index (χ0) is 16.3. The van der Waals surface area contributed by atoms with Crippen molar-refractivity contribution in [3.8, 4) is 0 Å².